The van der Waals surface area contributed by atoms with Crippen LogP contribution in [0.2, 0.25) is 30.7 Å². The molecule has 0 unspecified atom stereocenters. The van der Waals surface area contributed by atoms with Crippen molar-refractivity contribution >= 4 is 47.8 Å². The molecule has 7 rings (SSSR count). The molecule has 2 aliphatic rings. The van der Waals surface area contributed by atoms with Gasteiger partial charge in [-0.2, -0.15) is 5.10 Å². The van der Waals surface area contributed by atoms with Crippen LogP contribution in [0.15, 0.2) is 48.9 Å². The number of ether oxygens (including phenoxy) is 2. The van der Waals surface area contributed by atoms with E-state index in [1.54, 1.807) is 17.3 Å². The van der Waals surface area contributed by atoms with Crippen LogP contribution in [0.1, 0.15) is 24.7 Å². The molecular weight excluding hydrogens is 648 g/mol. The number of likely N-dealkylation sites (tertiary alicyclic amines) is 2. The molecule has 2 amide bonds. The topological polar surface area (TPSA) is 124 Å². The van der Waals surface area contributed by atoms with Gasteiger partial charge >= 0.3 is 6.03 Å². The molecule has 0 atom stereocenters. The van der Waals surface area contributed by atoms with E-state index in [2.05, 4.69) is 34.3 Å². The Morgan fingerprint density at radius 2 is 1.81 bits per heavy atom. The molecule has 0 aliphatic carbocycles. The van der Waals surface area contributed by atoms with Crippen molar-refractivity contribution in [2.45, 2.75) is 64.3 Å². The Morgan fingerprint density at radius 3 is 2.56 bits per heavy atom. The van der Waals surface area contributed by atoms with Crippen molar-refractivity contribution in [3.8, 4) is 22.8 Å². The van der Waals surface area contributed by atoms with Gasteiger partial charge in [-0.15, -0.1) is 0 Å². The molecular formula is C34H41ClN8O4Si. The SMILES string of the molecule is Cc1nc2ccc(Oc3ccc4ncc(-c5cnn(C6CCN(C(=O)N7CC(O)C7)CC6)c5)nc4c3Cl)cc2n1COCC[Si](C)(C)C. The smallest absolute Gasteiger partial charge is 0.320 e. The molecule has 0 saturated carbocycles. The summed E-state index contributed by atoms with van der Waals surface area (Å²) in [6.07, 6.45) is 6.71. The number of amides is 2. The van der Waals surface area contributed by atoms with Gasteiger partial charge in [0.05, 0.1) is 59.9 Å². The normalized spacial score (nSPS) is 16.2. The van der Waals surface area contributed by atoms with Crippen LogP contribution in [-0.4, -0.2) is 97.2 Å². The molecule has 0 spiro atoms. The van der Waals surface area contributed by atoms with Gasteiger partial charge < -0.3 is 28.9 Å². The number of nitrogens with zero attached hydrogens (tertiary/aromatic N) is 8. The predicted molar refractivity (Wildman–Crippen MR) is 187 cm³/mol. The molecule has 5 aromatic rings. The number of carbonyl (C=O) groups is 1. The number of hydrogen-bond acceptors (Lipinski definition) is 8. The van der Waals surface area contributed by atoms with Gasteiger partial charge in [0.1, 0.15) is 34.6 Å². The molecule has 3 aromatic heterocycles. The number of carbonyl (C=O) groups excluding carboxylic acids is 1. The summed E-state index contributed by atoms with van der Waals surface area (Å²) in [6.45, 7) is 12.3. The van der Waals surface area contributed by atoms with Crippen LogP contribution >= 0.6 is 11.6 Å². The number of rotatable bonds is 9. The number of hydrogen-bond donors (Lipinski definition) is 1. The molecule has 2 aromatic carbocycles. The summed E-state index contributed by atoms with van der Waals surface area (Å²) < 4.78 is 16.4. The van der Waals surface area contributed by atoms with Crippen LogP contribution in [-0.2, 0) is 11.5 Å². The van der Waals surface area contributed by atoms with E-state index in [9.17, 15) is 9.90 Å². The van der Waals surface area contributed by atoms with E-state index in [1.165, 1.54) is 0 Å². The standard InChI is InChI=1S/C34H41ClN8O4Si/c1-22-38-27-6-5-26(15-30(27)42(22)21-46-13-14-48(2,3)4)47-31-8-7-28-33(32(31)35)39-29(17-36-28)23-16-37-43(18-23)24-9-11-40(12-10-24)34(45)41-19-25(44)20-41/h5-8,15-18,24-25,44H,9-14,19-21H2,1-4H3. The number of piperidine rings is 1. The van der Waals surface area contributed by atoms with Gasteiger partial charge in [-0.25, -0.2) is 14.8 Å². The van der Waals surface area contributed by atoms with Gasteiger partial charge in [0.2, 0.25) is 0 Å². The third-order valence-electron chi connectivity index (χ3n) is 9.11. The fourth-order valence-electron chi connectivity index (χ4n) is 6.16. The van der Waals surface area contributed by atoms with E-state index in [1.807, 2.05) is 53.0 Å². The highest BCUT2D eigenvalue weighted by Gasteiger charge is 2.34. The Labute approximate surface area is 285 Å². The van der Waals surface area contributed by atoms with E-state index in [0.717, 1.165) is 47.9 Å². The van der Waals surface area contributed by atoms with Crippen molar-refractivity contribution in [2.75, 3.05) is 32.8 Å². The number of aryl methyl sites for hydroxylation is 1. The van der Waals surface area contributed by atoms with Crippen LogP contribution in [0.5, 0.6) is 11.5 Å². The van der Waals surface area contributed by atoms with E-state index in [4.69, 9.17) is 31.0 Å². The number of urea groups is 1. The second-order valence-corrected chi connectivity index (χ2v) is 20.0. The molecule has 2 fully saturated rings. The largest absolute Gasteiger partial charge is 0.456 e. The average Bonchev–Trinajstić information content (AvgIpc) is 3.67. The summed E-state index contributed by atoms with van der Waals surface area (Å²) in [5, 5.41) is 14.5. The Morgan fingerprint density at radius 1 is 1.04 bits per heavy atom. The first-order chi connectivity index (χ1) is 23.0. The highest BCUT2D eigenvalue weighted by atomic mass is 35.5. The molecule has 252 valence electrons. The van der Waals surface area contributed by atoms with Crippen molar-refractivity contribution < 1.29 is 19.4 Å². The molecule has 12 nitrogen and oxygen atoms in total. The first-order valence-corrected chi connectivity index (χ1v) is 20.5. The summed E-state index contributed by atoms with van der Waals surface area (Å²) in [4.78, 5) is 30.4. The third-order valence-corrected chi connectivity index (χ3v) is 11.2. The molecule has 14 heteroatoms. The lowest BCUT2D eigenvalue weighted by atomic mass is 10.1. The zero-order valence-corrected chi connectivity index (χ0v) is 29.5. The van der Waals surface area contributed by atoms with Crippen LogP contribution < -0.4 is 4.74 Å². The summed E-state index contributed by atoms with van der Waals surface area (Å²) in [6, 6.07) is 10.7. The van der Waals surface area contributed by atoms with Crippen LogP contribution in [0, 0.1) is 6.92 Å². The zero-order valence-electron chi connectivity index (χ0n) is 27.8. The van der Waals surface area contributed by atoms with Crippen molar-refractivity contribution in [3.05, 3.63) is 59.8 Å². The average molecular weight is 689 g/mol. The number of fused-ring (bicyclic) bond motifs is 2. The summed E-state index contributed by atoms with van der Waals surface area (Å²) >= 11 is 6.90. The zero-order chi connectivity index (χ0) is 33.6. The van der Waals surface area contributed by atoms with Gasteiger partial charge in [0, 0.05) is 45.6 Å². The second-order valence-electron chi connectivity index (χ2n) is 14.0. The summed E-state index contributed by atoms with van der Waals surface area (Å²) in [5.41, 5.74) is 4.51. The number of halogens is 1. The molecule has 1 N–H and O–H groups in total. The third kappa shape index (κ3) is 6.77. The fourth-order valence-corrected chi connectivity index (χ4v) is 7.16. The minimum Gasteiger partial charge on any atom is -0.456 e. The van der Waals surface area contributed by atoms with E-state index in [-0.39, 0.29) is 12.1 Å². The van der Waals surface area contributed by atoms with Crippen LogP contribution in [0.3, 0.4) is 0 Å². The van der Waals surface area contributed by atoms with Gasteiger partial charge in [-0.3, -0.25) is 9.67 Å². The Balaban J connectivity index is 1.05. The molecule has 5 heterocycles. The molecule has 0 bridgehead atoms. The van der Waals surface area contributed by atoms with Crippen LogP contribution in [0.4, 0.5) is 4.79 Å². The van der Waals surface area contributed by atoms with E-state index in [0.29, 0.717) is 66.2 Å². The highest BCUT2D eigenvalue weighted by Crippen LogP contribution is 2.36. The number of aromatic nitrogens is 6. The number of benzene rings is 2. The summed E-state index contributed by atoms with van der Waals surface area (Å²) in [7, 11) is -1.18. The lowest BCUT2D eigenvalue weighted by Crippen LogP contribution is -2.58. The fraction of sp³-hybridized carbons (Fsp3) is 0.441. The molecule has 2 aliphatic heterocycles. The molecule has 2 saturated heterocycles. The number of imidazole rings is 1. The minimum atomic E-state index is -1.18. The van der Waals surface area contributed by atoms with Crippen molar-refractivity contribution in [3.63, 3.8) is 0 Å². The van der Waals surface area contributed by atoms with Gasteiger partial charge in [0.25, 0.3) is 0 Å². The molecule has 48 heavy (non-hydrogen) atoms. The second kappa shape index (κ2) is 13.1. The Hall–Kier alpha value is -4.04. The maximum absolute atomic E-state index is 12.6. The van der Waals surface area contributed by atoms with Crippen molar-refractivity contribution in [1.29, 1.82) is 0 Å². The maximum Gasteiger partial charge on any atom is 0.320 e. The molecule has 0 radical (unpaired) electrons. The lowest BCUT2D eigenvalue weighted by molar-refractivity contribution is 0.0119. The first kappa shape index (κ1) is 32.5. The maximum atomic E-state index is 12.6. The number of aliphatic hydroxyl groups excluding tert-OH is 1. The first-order valence-electron chi connectivity index (χ1n) is 16.5. The quantitative estimate of drug-likeness (QED) is 0.141. The van der Waals surface area contributed by atoms with Gasteiger partial charge in [-0.05, 0) is 50.1 Å². The monoisotopic (exact) mass is 688 g/mol. The predicted octanol–water partition coefficient (Wildman–Crippen LogP) is 6.34. The van der Waals surface area contributed by atoms with Gasteiger partial charge in [-0.1, -0.05) is 31.2 Å². The Bertz CT molecular complexity index is 1960. The van der Waals surface area contributed by atoms with Crippen molar-refractivity contribution in [1.82, 2.24) is 39.1 Å². The summed E-state index contributed by atoms with van der Waals surface area (Å²) in [5.74, 6) is 2.00. The minimum absolute atomic E-state index is 0.00614. The van der Waals surface area contributed by atoms with Crippen LogP contribution in [0.25, 0.3) is 33.3 Å². The number of β-amino-alcohol motifs (C(OH)–C–C–N with tert-alkyl or cyclic N) is 1. The van der Waals surface area contributed by atoms with Gasteiger partial charge in [0.15, 0.2) is 0 Å². The lowest BCUT2D eigenvalue weighted by Gasteiger charge is -2.41. The van der Waals surface area contributed by atoms with Crippen molar-refractivity contribution in [2.24, 2.45) is 0 Å². The van der Waals surface area contributed by atoms with E-state index >= 15 is 0 Å². The van der Waals surface area contributed by atoms with E-state index < -0.39 is 14.2 Å². The Kier molecular flexibility index (Phi) is 8.87. The highest BCUT2D eigenvalue weighted by molar-refractivity contribution is 6.76. The number of aliphatic hydroxyl groups is 1.